The molecule has 1 aromatic rings. The lowest BCUT2D eigenvalue weighted by Crippen LogP contribution is -2.33. The Hall–Kier alpha value is -0.870. The summed E-state index contributed by atoms with van der Waals surface area (Å²) in [5.74, 6) is 1.08. The molecule has 0 aliphatic carbocycles. The Morgan fingerprint density at radius 1 is 1.35 bits per heavy atom. The van der Waals surface area contributed by atoms with Gasteiger partial charge >= 0.3 is 0 Å². The largest absolute Gasteiger partial charge is 0.314 e. The second-order valence-electron chi connectivity index (χ2n) is 5.89. The quantitative estimate of drug-likeness (QED) is 0.876. The first kappa shape index (κ1) is 15.5. The van der Waals surface area contributed by atoms with E-state index in [1.165, 1.54) is 11.1 Å². The van der Waals surface area contributed by atoms with Crippen LogP contribution in [0.5, 0.6) is 0 Å². The highest BCUT2D eigenvalue weighted by atomic mass is 32.2. The maximum Gasteiger partial charge on any atom is 0.150 e. The third kappa shape index (κ3) is 4.32. The van der Waals surface area contributed by atoms with Gasteiger partial charge in [-0.1, -0.05) is 31.2 Å². The highest BCUT2D eigenvalue weighted by molar-refractivity contribution is 7.91. The van der Waals surface area contributed by atoms with Gasteiger partial charge in [0.15, 0.2) is 9.84 Å². The van der Waals surface area contributed by atoms with E-state index >= 15 is 0 Å². The monoisotopic (exact) mass is 295 g/mol. The minimum atomic E-state index is -2.76. The van der Waals surface area contributed by atoms with Crippen molar-refractivity contribution in [1.29, 1.82) is 0 Å². The number of sulfone groups is 1. The molecule has 0 aromatic heterocycles. The molecule has 1 aromatic carbocycles. The Labute approximate surface area is 122 Å². The predicted molar refractivity (Wildman–Crippen MR) is 83.7 cm³/mol. The van der Waals surface area contributed by atoms with Crippen molar-refractivity contribution < 1.29 is 8.42 Å². The van der Waals surface area contributed by atoms with Gasteiger partial charge in [-0.15, -0.1) is 0 Å². The fourth-order valence-electron chi connectivity index (χ4n) is 3.09. The van der Waals surface area contributed by atoms with Crippen LogP contribution in [0, 0.1) is 12.8 Å². The predicted octanol–water partition coefficient (Wildman–Crippen LogP) is 2.34. The van der Waals surface area contributed by atoms with Gasteiger partial charge < -0.3 is 5.32 Å². The summed E-state index contributed by atoms with van der Waals surface area (Å²) >= 11 is 0. The zero-order valence-electron chi connectivity index (χ0n) is 12.4. The summed E-state index contributed by atoms with van der Waals surface area (Å²) < 4.78 is 23.1. The zero-order valence-corrected chi connectivity index (χ0v) is 13.2. The lowest BCUT2D eigenvalue weighted by Gasteiger charge is -2.22. The number of aryl methyl sites for hydroxylation is 1. The lowest BCUT2D eigenvalue weighted by atomic mass is 9.93. The molecular weight excluding hydrogens is 270 g/mol. The van der Waals surface area contributed by atoms with Crippen molar-refractivity contribution in [2.24, 2.45) is 5.92 Å². The van der Waals surface area contributed by atoms with Gasteiger partial charge in [0.05, 0.1) is 11.5 Å². The van der Waals surface area contributed by atoms with Gasteiger partial charge in [0.25, 0.3) is 0 Å². The zero-order chi connectivity index (χ0) is 14.6. The first-order chi connectivity index (χ1) is 9.50. The molecule has 1 aliphatic heterocycles. The second kappa shape index (κ2) is 6.72. The first-order valence-corrected chi connectivity index (χ1v) is 9.30. The molecule has 0 radical (unpaired) electrons. The van der Waals surface area contributed by atoms with Crippen molar-refractivity contribution in [3.63, 3.8) is 0 Å². The van der Waals surface area contributed by atoms with Gasteiger partial charge in [0.1, 0.15) is 0 Å². The fourth-order valence-corrected chi connectivity index (χ4v) is 4.97. The Bertz CT molecular complexity index is 539. The SMILES string of the molecule is CCNC(Cc1ccccc1C)CC1CCS(=O)(=O)C1. The normalized spacial score (nSPS) is 22.8. The number of benzene rings is 1. The van der Waals surface area contributed by atoms with Gasteiger partial charge in [-0.05, 0) is 49.8 Å². The minimum Gasteiger partial charge on any atom is -0.314 e. The molecule has 4 heteroatoms. The highest BCUT2D eigenvalue weighted by Crippen LogP contribution is 2.24. The maximum absolute atomic E-state index is 11.6. The van der Waals surface area contributed by atoms with E-state index < -0.39 is 9.84 Å². The van der Waals surface area contributed by atoms with Crippen molar-refractivity contribution in [3.8, 4) is 0 Å². The molecule has 0 bridgehead atoms. The molecule has 0 spiro atoms. The van der Waals surface area contributed by atoms with Crippen LogP contribution in [0.3, 0.4) is 0 Å². The molecule has 20 heavy (non-hydrogen) atoms. The fraction of sp³-hybridized carbons (Fsp3) is 0.625. The second-order valence-corrected chi connectivity index (χ2v) is 8.12. The van der Waals surface area contributed by atoms with Crippen molar-refractivity contribution in [2.75, 3.05) is 18.1 Å². The van der Waals surface area contributed by atoms with Gasteiger partial charge in [-0.2, -0.15) is 0 Å². The van der Waals surface area contributed by atoms with Crippen LogP contribution < -0.4 is 5.32 Å². The molecule has 112 valence electrons. The van der Waals surface area contributed by atoms with Crippen molar-refractivity contribution in [3.05, 3.63) is 35.4 Å². The Kier molecular flexibility index (Phi) is 5.22. The minimum absolute atomic E-state index is 0.327. The molecule has 2 rings (SSSR count). The molecule has 2 atom stereocenters. The third-order valence-corrected chi connectivity index (χ3v) is 6.00. The molecule has 1 N–H and O–H groups in total. The average Bonchev–Trinajstić information content (AvgIpc) is 2.72. The number of nitrogens with one attached hydrogen (secondary N) is 1. The van der Waals surface area contributed by atoms with E-state index in [0.29, 0.717) is 23.5 Å². The standard InChI is InChI=1S/C16H25NO2S/c1-3-17-16(10-14-8-9-20(18,19)12-14)11-15-7-5-4-6-13(15)2/h4-7,14,16-17H,3,8-12H2,1-2H3. The average molecular weight is 295 g/mol. The number of hydrogen-bond donors (Lipinski definition) is 1. The molecule has 1 saturated heterocycles. The van der Waals surface area contributed by atoms with Crippen molar-refractivity contribution in [1.82, 2.24) is 5.32 Å². The molecular formula is C16H25NO2S. The van der Waals surface area contributed by atoms with Crippen LogP contribution in [0.1, 0.15) is 30.9 Å². The Morgan fingerprint density at radius 2 is 2.10 bits per heavy atom. The van der Waals surface area contributed by atoms with Gasteiger partial charge in [0, 0.05) is 6.04 Å². The summed E-state index contributed by atoms with van der Waals surface area (Å²) in [6.45, 7) is 5.17. The maximum atomic E-state index is 11.6. The Morgan fingerprint density at radius 3 is 2.70 bits per heavy atom. The van der Waals surface area contributed by atoms with E-state index in [9.17, 15) is 8.42 Å². The van der Waals surface area contributed by atoms with Crippen LogP contribution in [-0.2, 0) is 16.3 Å². The van der Waals surface area contributed by atoms with Crippen molar-refractivity contribution in [2.45, 2.75) is 39.2 Å². The van der Waals surface area contributed by atoms with Gasteiger partial charge in [0.2, 0.25) is 0 Å². The summed E-state index contributed by atoms with van der Waals surface area (Å²) in [4.78, 5) is 0. The number of rotatable bonds is 6. The first-order valence-electron chi connectivity index (χ1n) is 7.48. The molecule has 1 fully saturated rings. The van der Waals surface area contributed by atoms with Crippen LogP contribution in [0.4, 0.5) is 0 Å². The van der Waals surface area contributed by atoms with Gasteiger partial charge in [-0.3, -0.25) is 0 Å². The van der Waals surface area contributed by atoms with Crippen LogP contribution in [0.25, 0.3) is 0 Å². The molecule has 2 unspecified atom stereocenters. The highest BCUT2D eigenvalue weighted by Gasteiger charge is 2.29. The molecule has 1 aliphatic rings. The summed E-state index contributed by atoms with van der Waals surface area (Å²) in [7, 11) is -2.76. The number of likely N-dealkylation sites (N-methyl/N-ethyl adjacent to an activating group) is 1. The molecule has 0 saturated carbocycles. The van der Waals surface area contributed by atoms with E-state index in [4.69, 9.17) is 0 Å². The summed E-state index contributed by atoms with van der Waals surface area (Å²) in [5, 5.41) is 3.52. The van der Waals surface area contributed by atoms with Crippen molar-refractivity contribution >= 4 is 9.84 Å². The van der Waals surface area contributed by atoms with Gasteiger partial charge in [-0.25, -0.2) is 8.42 Å². The van der Waals surface area contributed by atoms with Crippen LogP contribution >= 0.6 is 0 Å². The van der Waals surface area contributed by atoms with E-state index in [-0.39, 0.29) is 0 Å². The third-order valence-electron chi connectivity index (χ3n) is 4.16. The van der Waals surface area contributed by atoms with Crippen LogP contribution in [0.2, 0.25) is 0 Å². The number of hydrogen-bond acceptors (Lipinski definition) is 3. The molecule has 0 amide bonds. The summed E-state index contributed by atoms with van der Waals surface area (Å²) in [6.07, 6.45) is 2.77. The Balaban J connectivity index is 1.99. The van der Waals surface area contributed by atoms with E-state index in [1.807, 2.05) is 0 Å². The molecule has 3 nitrogen and oxygen atoms in total. The van der Waals surface area contributed by atoms with Crippen LogP contribution in [-0.4, -0.2) is 32.5 Å². The molecule has 1 heterocycles. The smallest absolute Gasteiger partial charge is 0.150 e. The summed E-state index contributed by atoms with van der Waals surface area (Å²) in [5.41, 5.74) is 2.67. The topological polar surface area (TPSA) is 46.2 Å². The van der Waals surface area contributed by atoms with E-state index in [0.717, 1.165) is 25.8 Å². The van der Waals surface area contributed by atoms with E-state index in [2.05, 4.69) is 43.4 Å². The van der Waals surface area contributed by atoms with Crippen LogP contribution in [0.15, 0.2) is 24.3 Å². The van der Waals surface area contributed by atoms with E-state index in [1.54, 1.807) is 0 Å². The summed E-state index contributed by atoms with van der Waals surface area (Å²) in [6, 6.07) is 8.82. The lowest BCUT2D eigenvalue weighted by molar-refractivity contribution is 0.409.